The Bertz CT molecular complexity index is 529. The molecule has 1 aromatic heterocycles. The Kier molecular flexibility index (Phi) is 2.49. The summed E-state index contributed by atoms with van der Waals surface area (Å²) in [5.74, 6) is 1.05. The number of aliphatic hydroxyl groups is 1. The molecule has 4 bridgehead atoms. The third-order valence-corrected chi connectivity index (χ3v) is 5.31. The quantitative estimate of drug-likeness (QED) is 0.864. The molecule has 0 spiro atoms. The Morgan fingerprint density at radius 2 is 2.00 bits per heavy atom. The minimum Gasteiger partial charge on any atom is -0.390 e. The van der Waals surface area contributed by atoms with Crippen molar-refractivity contribution in [3.63, 3.8) is 0 Å². The molecule has 4 saturated carbocycles. The van der Waals surface area contributed by atoms with Crippen LogP contribution in [0.4, 0.5) is 0 Å². The highest BCUT2D eigenvalue weighted by Crippen LogP contribution is 2.57. The van der Waals surface area contributed by atoms with E-state index < -0.39 is 5.60 Å². The van der Waals surface area contributed by atoms with Gasteiger partial charge in [0.2, 0.25) is 0 Å². The van der Waals surface area contributed by atoms with Crippen LogP contribution in [0.5, 0.6) is 0 Å². The first-order valence-corrected chi connectivity index (χ1v) is 7.52. The molecule has 2 unspecified atom stereocenters. The molecule has 0 aromatic carbocycles. The van der Waals surface area contributed by atoms with Crippen molar-refractivity contribution in [2.75, 3.05) is 0 Å². The van der Waals surface area contributed by atoms with Gasteiger partial charge < -0.3 is 10.4 Å². The molecule has 0 aliphatic heterocycles. The van der Waals surface area contributed by atoms with Crippen molar-refractivity contribution < 1.29 is 9.90 Å². The third-order valence-electron chi connectivity index (χ3n) is 5.31. The van der Waals surface area contributed by atoms with Crippen molar-refractivity contribution in [2.24, 2.45) is 11.8 Å². The van der Waals surface area contributed by atoms with Crippen molar-refractivity contribution in [2.45, 2.75) is 49.7 Å². The lowest BCUT2D eigenvalue weighted by Gasteiger charge is -2.60. The second kappa shape index (κ2) is 4.04. The zero-order chi connectivity index (χ0) is 13.8. The molecule has 2 N–H and O–H groups in total. The fourth-order valence-corrected chi connectivity index (χ4v) is 5.16. The summed E-state index contributed by atoms with van der Waals surface area (Å²) in [6, 6.07) is 5.38. The van der Waals surface area contributed by atoms with Crippen molar-refractivity contribution in [1.82, 2.24) is 10.3 Å². The molecule has 4 aliphatic carbocycles. The largest absolute Gasteiger partial charge is 0.390 e. The van der Waals surface area contributed by atoms with Gasteiger partial charge in [-0.3, -0.25) is 9.78 Å². The van der Waals surface area contributed by atoms with Gasteiger partial charge in [0.15, 0.2) is 0 Å². The minimum absolute atomic E-state index is 0.101. The van der Waals surface area contributed by atoms with E-state index in [2.05, 4.69) is 10.3 Å². The fourth-order valence-electron chi connectivity index (χ4n) is 5.16. The second-order valence-electron chi connectivity index (χ2n) is 7.13. The highest BCUT2D eigenvalue weighted by atomic mass is 16.3. The zero-order valence-electron chi connectivity index (χ0n) is 11.5. The maximum absolute atomic E-state index is 12.4. The van der Waals surface area contributed by atoms with Gasteiger partial charge in [-0.05, 0) is 62.5 Å². The number of amides is 1. The first kappa shape index (κ1) is 12.3. The van der Waals surface area contributed by atoms with E-state index in [1.807, 2.05) is 12.1 Å². The van der Waals surface area contributed by atoms with E-state index in [1.165, 1.54) is 6.42 Å². The van der Waals surface area contributed by atoms with Crippen LogP contribution in [0.2, 0.25) is 0 Å². The lowest BCUT2D eigenvalue weighted by molar-refractivity contribution is -0.139. The van der Waals surface area contributed by atoms with Crippen molar-refractivity contribution in [1.29, 1.82) is 0 Å². The summed E-state index contributed by atoms with van der Waals surface area (Å²) in [6.07, 6.45) is 7.46. The number of rotatable bonds is 2. The molecule has 1 amide bonds. The van der Waals surface area contributed by atoms with Crippen molar-refractivity contribution in [3.05, 3.63) is 30.1 Å². The van der Waals surface area contributed by atoms with Gasteiger partial charge in [0.25, 0.3) is 5.91 Å². The monoisotopic (exact) mass is 272 g/mol. The summed E-state index contributed by atoms with van der Waals surface area (Å²) in [5.41, 5.74) is -0.273. The van der Waals surface area contributed by atoms with Crippen LogP contribution < -0.4 is 5.32 Å². The van der Waals surface area contributed by atoms with Crippen LogP contribution in [0.1, 0.15) is 49.0 Å². The number of aromatic nitrogens is 1. The highest BCUT2D eigenvalue weighted by molar-refractivity contribution is 5.92. The maximum atomic E-state index is 12.4. The van der Waals surface area contributed by atoms with Crippen molar-refractivity contribution in [3.8, 4) is 0 Å². The van der Waals surface area contributed by atoms with Gasteiger partial charge in [0.05, 0.1) is 5.60 Å². The van der Waals surface area contributed by atoms with E-state index in [0.29, 0.717) is 24.0 Å². The lowest BCUT2D eigenvalue weighted by Crippen LogP contribution is -2.65. The van der Waals surface area contributed by atoms with Crippen LogP contribution >= 0.6 is 0 Å². The zero-order valence-corrected chi connectivity index (χ0v) is 11.5. The summed E-state index contributed by atoms with van der Waals surface area (Å²) in [4.78, 5) is 16.5. The van der Waals surface area contributed by atoms with Gasteiger partial charge in [-0.15, -0.1) is 0 Å². The van der Waals surface area contributed by atoms with Gasteiger partial charge in [0, 0.05) is 11.7 Å². The highest BCUT2D eigenvalue weighted by Gasteiger charge is 2.57. The first-order chi connectivity index (χ1) is 9.56. The Morgan fingerprint density at radius 3 is 2.60 bits per heavy atom. The molecule has 4 nitrogen and oxygen atoms in total. The number of hydrogen-bond donors (Lipinski definition) is 2. The maximum Gasteiger partial charge on any atom is 0.270 e. The summed E-state index contributed by atoms with van der Waals surface area (Å²) < 4.78 is 0. The molecule has 5 rings (SSSR count). The predicted octanol–water partition coefficient (Wildman–Crippen LogP) is 1.90. The van der Waals surface area contributed by atoms with E-state index in [4.69, 9.17) is 0 Å². The molecule has 20 heavy (non-hydrogen) atoms. The summed E-state index contributed by atoms with van der Waals surface area (Å²) >= 11 is 0. The summed E-state index contributed by atoms with van der Waals surface area (Å²) in [6.45, 7) is 0. The molecule has 0 radical (unpaired) electrons. The van der Waals surface area contributed by atoms with Gasteiger partial charge in [0.1, 0.15) is 5.69 Å². The molecule has 1 heterocycles. The average molecular weight is 272 g/mol. The number of nitrogens with zero attached hydrogens (tertiary/aromatic N) is 1. The number of carbonyl (C=O) groups excluding carboxylic acids is 1. The van der Waals surface area contributed by atoms with Crippen LogP contribution in [0.15, 0.2) is 24.4 Å². The van der Waals surface area contributed by atoms with E-state index in [0.717, 1.165) is 25.7 Å². The smallest absolute Gasteiger partial charge is 0.270 e. The second-order valence-corrected chi connectivity index (χ2v) is 7.13. The number of carbonyl (C=O) groups is 1. The predicted molar refractivity (Wildman–Crippen MR) is 74.1 cm³/mol. The van der Waals surface area contributed by atoms with Crippen LogP contribution in [0, 0.1) is 11.8 Å². The van der Waals surface area contributed by atoms with E-state index in [1.54, 1.807) is 12.3 Å². The Hall–Kier alpha value is -1.42. The normalized spacial score (nSPS) is 41.6. The molecule has 0 saturated heterocycles. The van der Waals surface area contributed by atoms with Gasteiger partial charge in [-0.2, -0.15) is 0 Å². The SMILES string of the molecule is O=C(NC12CC3CC(CC(O)(C3)C1)C2)c1ccccn1. The molecule has 4 heteroatoms. The van der Waals surface area contributed by atoms with Gasteiger partial charge in [-0.25, -0.2) is 0 Å². The van der Waals surface area contributed by atoms with Crippen LogP contribution in [-0.4, -0.2) is 27.1 Å². The van der Waals surface area contributed by atoms with Crippen LogP contribution in [0.3, 0.4) is 0 Å². The Labute approximate surface area is 118 Å². The Morgan fingerprint density at radius 1 is 1.25 bits per heavy atom. The fraction of sp³-hybridized carbons (Fsp3) is 0.625. The number of nitrogens with one attached hydrogen (secondary N) is 1. The minimum atomic E-state index is -0.540. The summed E-state index contributed by atoms with van der Waals surface area (Å²) in [7, 11) is 0. The molecular formula is C16H20N2O2. The molecule has 4 fully saturated rings. The molecule has 106 valence electrons. The molecule has 1 aromatic rings. The number of hydrogen-bond acceptors (Lipinski definition) is 3. The molecule has 2 atom stereocenters. The van der Waals surface area contributed by atoms with E-state index in [-0.39, 0.29) is 11.4 Å². The summed E-state index contributed by atoms with van der Waals surface area (Å²) in [5, 5.41) is 13.9. The third kappa shape index (κ3) is 1.94. The topological polar surface area (TPSA) is 62.2 Å². The Balaban J connectivity index is 1.58. The standard InChI is InChI=1S/C16H20N2O2/c19-14(13-3-1-2-4-17-13)18-15-6-11-5-12(7-15)9-16(20,8-11)10-15/h1-4,11-12,20H,5-10H2,(H,18,19). The van der Waals surface area contributed by atoms with E-state index in [9.17, 15) is 9.90 Å². The van der Waals surface area contributed by atoms with Crippen LogP contribution in [-0.2, 0) is 0 Å². The average Bonchev–Trinajstić information content (AvgIpc) is 2.36. The lowest BCUT2D eigenvalue weighted by atomic mass is 9.51. The van der Waals surface area contributed by atoms with Crippen molar-refractivity contribution >= 4 is 5.91 Å². The van der Waals surface area contributed by atoms with E-state index >= 15 is 0 Å². The van der Waals surface area contributed by atoms with Crippen LogP contribution in [0.25, 0.3) is 0 Å². The molecule has 4 aliphatic rings. The molecular weight excluding hydrogens is 252 g/mol. The van der Waals surface area contributed by atoms with Gasteiger partial charge >= 0.3 is 0 Å². The first-order valence-electron chi connectivity index (χ1n) is 7.52. The van der Waals surface area contributed by atoms with Gasteiger partial charge in [-0.1, -0.05) is 6.07 Å². The number of pyridine rings is 1.